The van der Waals surface area contributed by atoms with Crippen LogP contribution in [-0.2, 0) is 9.53 Å². The first-order valence-electron chi connectivity index (χ1n) is 8.03. The number of piperidine rings is 1. The molecule has 2 N–H and O–H groups in total. The standard InChI is InChI=1S/C17H25N3O3/c1-23-12-9-18-17(22)19-16(21)13-20-10-7-15(8-11-20)14-5-3-2-4-6-14/h2-6,15H,7-13H2,1H3,(H2,18,19,21,22). The van der Waals surface area contributed by atoms with Crippen molar-refractivity contribution in [3.63, 3.8) is 0 Å². The highest BCUT2D eigenvalue weighted by atomic mass is 16.5. The number of carbonyl (C=O) groups excluding carboxylic acids is 2. The van der Waals surface area contributed by atoms with E-state index >= 15 is 0 Å². The summed E-state index contributed by atoms with van der Waals surface area (Å²) in [6.45, 7) is 2.82. The summed E-state index contributed by atoms with van der Waals surface area (Å²) in [6, 6.07) is 10.0. The summed E-state index contributed by atoms with van der Waals surface area (Å²) in [6.07, 6.45) is 2.08. The molecule has 1 saturated heterocycles. The minimum absolute atomic E-state index is 0.263. The first kappa shape index (κ1) is 17.4. The van der Waals surface area contributed by atoms with E-state index in [2.05, 4.69) is 39.8 Å². The van der Waals surface area contributed by atoms with Crippen LogP contribution in [0.1, 0.15) is 24.3 Å². The molecule has 0 saturated carbocycles. The van der Waals surface area contributed by atoms with Gasteiger partial charge in [-0.05, 0) is 37.4 Å². The summed E-state index contributed by atoms with van der Waals surface area (Å²) in [7, 11) is 1.56. The molecule has 1 fully saturated rings. The van der Waals surface area contributed by atoms with Gasteiger partial charge in [0, 0.05) is 13.7 Å². The molecular formula is C17H25N3O3. The fraction of sp³-hybridized carbons (Fsp3) is 0.529. The van der Waals surface area contributed by atoms with Crippen molar-refractivity contribution in [1.29, 1.82) is 0 Å². The van der Waals surface area contributed by atoms with Gasteiger partial charge in [-0.25, -0.2) is 4.79 Å². The zero-order chi connectivity index (χ0) is 16.5. The van der Waals surface area contributed by atoms with Crippen LogP contribution in [0.5, 0.6) is 0 Å². The Morgan fingerprint density at radius 1 is 1.22 bits per heavy atom. The molecule has 126 valence electrons. The number of carbonyl (C=O) groups is 2. The van der Waals surface area contributed by atoms with Crippen LogP contribution in [-0.4, -0.2) is 56.7 Å². The van der Waals surface area contributed by atoms with E-state index in [0.717, 1.165) is 25.9 Å². The molecule has 6 nitrogen and oxygen atoms in total. The van der Waals surface area contributed by atoms with Crippen LogP contribution in [0, 0.1) is 0 Å². The maximum atomic E-state index is 11.9. The summed E-state index contributed by atoms with van der Waals surface area (Å²) in [5.74, 6) is 0.297. The predicted molar refractivity (Wildman–Crippen MR) is 88.3 cm³/mol. The van der Waals surface area contributed by atoms with Crippen molar-refractivity contribution in [2.45, 2.75) is 18.8 Å². The van der Waals surface area contributed by atoms with Crippen molar-refractivity contribution in [2.75, 3.05) is 39.9 Å². The van der Waals surface area contributed by atoms with E-state index in [1.54, 1.807) is 7.11 Å². The first-order valence-corrected chi connectivity index (χ1v) is 8.03. The topological polar surface area (TPSA) is 70.7 Å². The Labute approximate surface area is 137 Å². The van der Waals surface area contributed by atoms with Gasteiger partial charge in [0.25, 0.3) is 0 Å². The Morgan fingerprint density at radius 3 is 2.57 bits per heavy atom. The predicted octanol–water partition coefficient (Wildman–Crippen LogP) is 1.34. The Hall–Kier alpha value is -1.92. The summed E-state index contributed by atoms with van der Waals surface area (Å²) in [5, 5.41) is 4.91. The minimum atomic E-state index is -0.466. The molecule has 0 radical (unpaired) electrons. The molecule has 3 amide bonds. The number of ether oxygens (including phenoxy) is 1. The van der Waals surface area contributed by atoms with Gasteiger partial charge in [-0.1, -0.05) is 30.3 Å². The largest absolute Gasteiger partial charge is 0.383 e. The van der Waals surface area contributed by atoms with Gasteiger partial charge in [0.05, 0.1) is 13.2 Å². The summed E-state index contributed by atoms with van der Waals surface area (Å²) < 4.78 is 4.83. The Bertz CT molecular complexity index is 499. The van der Waals surface area contributed by atoms with Crippen molar-refractivity contribution < 1.29 is 14.3 Å². The van der Waals surface area contributed by atoms with Crippen molar-refractivity contribution in [1.82, 2.24) is 15.5 Å². The highest BCUT2D eigenvalue weighted by Gasteiger charge is 2.22. The van der Waals surface area contributed by atoms with Gasteiger partial charge >= 0.3 is 6.03 Å². The first-order chi connectivity index (χ1) is 11.2. The molecule has 1 aromatic carbocycles. The molecule has 0 spiro atoms. The van der Waals surface area contributed by atoms with Crippen LogP contribution in [0.4, 0.5) is 4.79 Å². The second-order valence-corrected chi connectivity index (χ2v) is 5.76. The molecule has 0 atom stereocenters. The third-order valence-corrected chi connectivity index (χ3v) is 4.07. The molecule has 1 aliphatic heterocycles. The lowest BCUT2D eigenvalue weighted by Gasteiger charge is -2.31. The van der Waals surface area contributed by atoms with Crippen molar-refractivity contribution >= 4 is 11.9 Å². The molecule has 0 unspecified atom stereocenters. The monoisotopic (exact) mass is 319 g/mol. The highest BCUT2D eigenvalue weighted by Crippen LogP contribution is 2.27. The zero-order valence-corrected chi connectivity index (χ0v) is 13.6. The highest BCUT2D eigenvalue weighted by molar-refractivity contribution is 5.95. The molecule has 6 heteroatoms. The van der Waals surface area contributed by atoms with E-state index in [0.29, 0.717) is 19.1 Å². The fourth-order valence-corrected chi connectivity index (χ4v) is 2.83. The van der Waals surface area contributed by atoms with Gasteiger partial charge in [0.15, 0.2) is 0 Å². The fourth-order valence-electron chi connectivity index (χ4n) is 2.83. The Balaban J connectivity index is 1.67. The SMILES string of the molecule is COCCNC(=O)NC(=O)CN1CCC(c2ccccc2)CC1. The number of imide groups is 1. The van der Waals surface area contributed by atoms with E-state index in [-0.39, 0.29) is 12.5 Å². The van der Waals surface area contributed by atoms with Crippen LogP contribution >= 0.6 is 0 Å². The van der Waals surface area contributed by atoms with Crippen LogP contribution < -0.4 is 10.6 Å². The van der Waals surface area contributed by atoms with Crippen molar-refractivity contribution in [2.24, 2.45) is 0 Å². The van der Waals surface area contributed by atoms with Gasteiger partial charge in [0.1, 0.15) is 0 Å². The molecule has 0 bridgehead atoms. The number of amides is 3. The smallest absolute Gasteiger partial charge is 0.321 e. The van der Waals surface area contributed by atoms with Crippen molar-refractivity contribution in [3.8, 4) is 0 Å². The van der Waals surface area contributed by atoms with Gasteiger partial charge in [-0.15, -0.1) is 0 Å². The maximum Gasteiger partial charge on any atom is 0.321 e. The molecule has 1 aliphatic rings. The summed E-state index contributed by atoms with van der Waals surface area (Å²) in [5.41, 5.74) is 1.37. The maximum absolute atomic E-state index is 11.9. The van der Waals surface area contributed by atoms with Crippen LogP contribution in [0.25, 0.3) is 0 Å². The van der Waals surface area contributed by atoms with E-state index < -0.39 is 6.03 Å². The lowest BCUT2D eigenvalue weighted by molar-refractivity contribution is -0.121. The van der Waals surface area contributed by atoms with E-state index in [1.165, 1.54) is 5.56 Å². The third kappa shape index (κ3) is 6.00. The normalized spacial score (nSPS) is 16.0. The number of nitrogens with one attached hydrogen (secondary N) is 2. The van der Waals surface area contributed by atoms with E-state index in [4.69, 9.17) is 4.74 Å². The number of hydrogen-bond acceptors (Lipinski definition) is 4. The quantitative estimate of drug-likeness (QED) is 0.776. The number of urea groups is 1. The zero-order valence-electron chi connectivity index (χ0n) is 13.6. The number of nitrogens with zero attached hydrogens (tertiary/aromatic N) is 1. The average molecular weight is 319 g/mol. The van der Waals surface area contributed by atoms with Gasteiger partial charge < -0.3 is 10.1 Å². The van der Waals surface area contributed by atoms with Crippen LogP contribution in [0.15, 0.2) is 30.3 Å². The molecular weight excluding hydrogens is 294 g/mol. The molecule has 2 rings (SSSR count). The number of hydrogen-bond donors (Lipinski definition) is 2. The van der Waals surface area contributed by atoms with Gasteiger partial charge in [0.2, 0.25) is 5.91 Å². The molecule has 0 aliphatic carbocycles. The molecule has 23 heavy (non-hydrogen) atoms. The molecule has 1 heterocycles. The third-order valence-electron chi connectivity index (χ3n) is 4.07. The second-order valence-electron chi connectivity index (χ2n) is 5.76. The second kappa shape index (κ2) is 9.27. The number of methoxy groups -OCH3 is 1. The van der Waals surface area contributed by atoms with Crippen LogP contribution in [0.3, 0.4) is 0 Å². The summed E-state index contributed by atoms with van der Waals surface area (Å²) >= 11 is 0. The number of rotatable bonds is 6. The molecule has 0 aromatic heterocycles. The lowest BCUT2D eigenvalue weighted by Crippen LogP contribution is -2.46. The van der Waals surface area contributed by atoms with E-state index in [9.17, 15) is 9.59 Å². The minimum Gasteiger partial charge on any atom is -0.383 e. The van der Waals surface area contributed by atoms with Crippen molar-refractivity contribution in [3.05, 3.63) is 35.9 Å². The van der Waals surface area contributed by atoms with E-state index in [1.807, 2.05) is 6.07 Å². The number of likely N-dealkylation sites (tertiary alicyclic amines) is 1. The Kier molecular flexibility index (Phi) is 7.03. The van der Waals surface area contributed by atoms with Gasteiger partial charge in [-0.3, -0.25) is 15.0 Å². The Morgan fingerprint density at radius 2 is 1.91 bits per heavy atom. The molecule has 1 aromatic rings. The average Bonchev–Trinajstić information content (AvgIpc) is 2.56. The van der Waals surface area contributed by atoms with Crippen LogP contribution in [0.2, 0.25) is 0 Å². The number of benzene rings is 1. The lowest BCUT2D eigenvalue weighted by atomic mass is 9.89. The van der Waals surface area contributed by atoms with Gasteiger partial charge in [-0.2, -0.15) is 0 Å². The summed E-state index contributed by atoms with van der Waals surface area (Å²) in [4.78, 5) is 25.4.